The molecule has 0 aromatic rings. The monoisotopic (exact) mass is 298 g/mol. The molecule has 21 heavy (non-hydrogen) atoms. The minimum absolute atomic E-state index is 0.0188. The molecule has 6 heteroatoms. The van der Waals surface area contributed by atoms with Gasteiger partial charge in [-0.1, -0.05) is 13.0 Å². The first kappa shape index (κ1) is 17.6. The molecular formula is C15H26N2O4. The van der Waals surface area contributed by atoms with Crippen LogP contribution in [0.3, 0.4) is 0 Å². The van der Waals surface area contributed by atoms with Crippen LogP contribution in [0.4, 0.5) is 0 Å². The minimum atomic E-state index is -0.837. The molecule has 1 aliphatic carbocycles. The molecule has 1 rings (SSSR count). The first-order chi connectivity index (χ1) is 9.90. The summed E-state index contributed by atoms with van der Waals surface area (Å²) in [6, 6.07) is 0.103. The molecular weight excluding hydrogens is 272 g/mol. The highest BCUT2D eigenvalue weighted by atomic mass is 16.6. The molecule has 0 bridgehead atoms. The summed E-state index contributed by atoms with van der Waals surface area (Å²) in [7, 11) is 3.22. The minimum Gasteiger partial charge on any atom is -0.468 e. The van der Waals surface area contributed by atoms with E-state index < -0.39 is 5.54 Å². The van der Waals surface area contributed by atoms with E-state index in [0.717, 1.165) is 6.42 Å². The normalized spacial score (nSPS) is 29.1. The average molecular weight is 298 g/mol. The van der Waals surface area contributed by atoms with Crippen LogP contribution in [0.1, 0.15) is 39.0 Å². The topological polar surface area (TPSA) is 72.7 Å². The molecule has 0 radical (unpaired) electrons. The van der Waals surface area contributed by atoms with E-state index in [1.165, 1.54) is 7.11 Å². The maximum absolute atomic E-state index is 11.5. The fourth-order valence-corrected chi connectivity index (χ4v) is 3.43. The lowest BCUT2D eigenvalue weighted by Crippen LogP contribution is -2.51. The summed E-state index contributed by atoms with van der Waals surface area (Å²) in [4.78, 5) is 24.7. The van der Waals surface area contributed by atoms with Gasteiger partial charge in [-0.25, -0.2) is 0 Å². The SMILES string of the molecule is C=CC1C[C@](CCC)([N+](=O)[O-])CCC1N(C)CC(=O)OC. The van der Waals surface area contributed by atoms with Gasteiger partial charge in [-0.05, 0) is 25.8 Å². The van der Waals surface area contributed by atoms with Crippen molar-refractivity contribution >= 4 is 5.97 Å². The van der Waals surface area contributed by atoms with Gasteiger partial charge in [-0.15, -0.1) is 6.58 Å². The molecule has 6 nitrogen and oxygen atoms in total. The van der Waals surface area contributed by atoms with Crippen LogP contribution >= 0.6 is 0 Å². The summed E-state index contributed by atoms with van der Waals surface area (Å²) in [5.41, 5.74) is -0.837. The molecule has 1 saturated carbocycles. The zero-order valence-electron chi connectivity index (χ0n) is 13.2. The number of likely N-dealkylation sites (N-methyl/N-ethyl adjacent to an activating group) is 1. The van der Waals surface area contributed by atoms with Crippen LogP contribution in [0, 0.1) is 16.0 Å². The second kappa shape index (κ2) is 7.54. The molecule has 1 aliphatic rings. The number of carbonyl (C=O) groups is 1. The molecule has 0 aromatic carbocycles. The van der Waals surface area contributed by atoms with Gasteiger partial charge in [0, 0.05) is 30.2 Å². The number of hydrogen-bond acceptors (Lipinski definition) is 5. The zero-order chi connectivity index (χ0) is 16.0. The lowest BCUT2D eigenvalue weighted by atomic mass is 9.71. The fourth-order valence-electron chi connectivity index (χ4n) is 3.43. The number of hydrogen-bond donors (Lipinski definition) is 0. The van der Waals surface area contributed by atoms with Gasteiger partial charge in [0.05, 0.1) is 13.7 Å². The summed E-state index contributed by atoms with van der Waals surface area (Å²) < 4.78 is 4.68. The average Bonchev–Trinajstić information content (AvgIpc) is 2.46. The third kappa shape index (κ3) is 4.03. The molecule has 1 fully saturated rings. The molecule has 3 atom stereocenters. The Balaban J connectivity index is 2.83. The Morgan fingerprint density at radius 3 is 2.76 bits per heavy atom. The standard InChI is InChI=1S/C15H26N2O4/c1-5-8-15(17(19)20)9-7-13(12(6-2)10-15)16(3)11-14(18)21-4/h6,12-13H,2,5,7-11H2,1,3-4H3/t12?,13?,15-/m1/s1. The number of carbonyl (C=O) groups excluding carboxylic acids is 1. The summed E-state index contributed by atoms with van der Waals surface area (Å²) >= 11 is 0. The Morgan fingerprint density at radius 2 is 2.29 bits per heavy atom. The van der Waals surface area contributed by atoms with Crippen molar-refractivity contribution in [1.29, 1.82) is 0 Å². The van der Waals surface area contributed by atoms with Crippen LogP contribution in [0.25, 0.3) is 0 Å². The Morgan fingerprint density at radius 1 is 1.62 bits per heavy atom. The second-order valence-corrected chi connectivity index (χ2v) is 5.93. The second-order valence-electron chi connectivity index (χ2n) is 5.93. The first-order valence-corrected chi connectivity index (χ1v) is 7.44. The molecule has 0 aliphatic heterocycles. The fraction of sp³-hybridized carbons (Fsp3) is 0.800. The zero-order valence-corrected chi connectivity index (χ0v) is 13.2. The Hall–Kier alpha value is -1.43. The Labute approximate surface area is 126 Å². The van der Waals surface area contributed by atoms with E-state index in [9.17, 15) is 14.9 Å². The van der Waals surface area contributed by atoms with Crippen LogP contribution in [0.5, 0.6) is 0 Å². The third-order valence-corrected chi connectivity index (χ3v) is 4.59. The van der Waals surface area contributed by atoms with Crippen molar-refractivity contribution in [2.24, 2.45) is 5.92 Å². The molecule has 0 spiro atoms. The first-order valence-electron chi connectivity index (χ1n) is 7.44. The van der Waals surface area contributed by atoms with Crippen LogP contribution in [-0.2, 0) is 9.53 Å². The van der Waals surface area contributed by atoms with E-state index in [-0.39, 0.29) is 29.4 Å². The van der Waals surface area contributed by atoms with E-state index in [2.05, 4.69) is 11.3 Å². The highest BCUT2D eigenvalue weighted by Crippen LogP contribution is 2.40. The van der Waals surface area contributed by atoms with E-state index in [4.69, 9.17) is 0 Å². The Bertz CT molecular complexity index is 399. The number of nitrogens with zero attached hydrogens (tertiary/aromatic N) is 2. The molecule has 2 unspecified atom stereocenters. The maximum Gasteiger partial charge on any atom is 0.319 e. The smallest absolute Gasteiger partial charge is 0.319 e. The van der Waals surface area contributed by atoms with E-state index in [1.807, 2.05) is 18.9 Å². The summed E-state index contributed by atoms with van der Waals surface area (Å²) in [6.07, 6.45) is 4.93. The van der Waals surface area contributed by atoms with Crippen LogP contribution in [-0.4, -0.2) is 48.1 Å². The number of ether oxygens (including phenoxy) is 1. The number of methoxy groups -OCH3 is 1. The summed E-state index contributed by atoms with van der Waals surface area (Å²) in [5.74, 6) is -0.273. The lowest BCUT2D eigenvalue weighted by Gasteiger charge is -2.41. The molecule has 0 amide bonds. The van der Waals surface area contributed by atoms with Gasteiger partial charge in [-0.2, -0.15) is 0 Å². The van der Waals surface area contributed by atoms with Crippen molar-refractivity contribution < 1.29 is 14.5 Å². The Kier molecular flexibility index (Phi) is 6.33. The quantitative estimate of drug-likeness (QED) is 0.312. The third-order valence-electron chi connectivity index (χ3n) is 4.59. The molecule has 120 valence electrons. The van der Waals surface area contributed by atoms with Gasteiger partial charge in [0.2, 0.25) is 5.54 Å². The predicted octanol–water partition coefficient (Wildman–Crippen LogP) is 2.26. The van der Waals surface area contributed by atoms with Crippen molar-refractivity contribution in [3.8, 4) is 0 Å². The van der Waals surface area contributed by atoms with E-state index in [1.54, 1.807) is 6.08 Å². The van der Waals surface area contributed by atoms with Crippen LogP contribution < -0.4 is 0 Å². The van der Waals surface area contributed by atoms with Crippen molar-refractivity contribution in [1.82, 2.24) is 4.90 Å². The van der Waals surface area contributed by atoms with Crippen molar-refractivity contribution in [3.63, 3.8) is 0 Å². The predicted molar refractivity (Wildman–Crippen MR) is 80.6 cm³/mol. The lowest BCUT2D eigenvalue weighted by molar-refractivity contribution is -0.578. The van der Waals surface area contributed by atoms with E-state index in [0.29, 0.717) is 25.7 Å². The van der Waals surface area contributed by atoms with Gasteiger partial charge in [0.25, 0.3) is 0 Å². The van der Waals surface area contributed by atoms with Crippen molar-refractivity contribution in [3.05, 3.63) is 22.8 Å². The van der Waals surface area contributed by atoms with Gasteiger partial charge in [0.15, 0.2) is 0 Å². The van der Waals surface area contributed by atoms with Crippen molar-refractivity contribution in [2.45, 2.75) is 50.6 Å². The van der Waals surface area contributed by atoms with Crippen LogP contribution in [0.15, 0.2) is 12.7 Å². The van der Waals surface area contributed by atoms with Crippen LogP contribution in [0.2, 0.25) is 0 Å². The van der Waals surface area contributed by atoms with Gasteiger partial charge < -0.3 is 4.74 Å². The molecule has 0 saturated heterocycles. The van der Waals surface area contributed by atoms with E-state index >= 15 is 0 Å². The van der Waals surface area contributed by atoms with Gasteiger partial charge in [-0.3, -0.25) is 19.8 Å². The number of rotatable bonds is 7. The largest absolute Gasteiger partial charge is 0.468 e. The number of esters is 1. The summed E-state index contributed by atoms with van der Waals surface area (Å²) in [5, 5.41) is 11.5. The maximum atomic E-state index is 11.5. The molecule has 0 N–H and O–H groups in total. The van der Waals surface area contributed by atoms with Gasteiger partial charge in [0.1, 0.15) is 0 Å². The molecule has 0 aromatic heterocycles. The number of nitro groups is 1. The van der Waals surface area contributed by atoms with Crippen molar-refractivity contribution in [2.75, 3.05) is 20.7 Å². The van der Waals surface area contributed by atoms with Gasteiger partial charge >= 0.3 is 5.97 Å². The highest BCUT2D eigenvalue weighted by molar-refractivity contribution is 5.71. The molecule has 0 heterocycles. The summed E-state index contributed by atoms with van der Waals surface area (Å²) in [6.45, 7) is 6.01. The highest BCUT2D eigenvalue weighted by Gasteiger charge is 2.49.